The first kappa shape index (κ1) is 17.2. The summed E-state index contributed by atoms with van der Waals surface area (Å²) in [7, 11) is 0. The number of anilines is 1. The van der Waals surface area contributed by atoms with Crippen molar-refractivity contribution in [1.29, 1.82) is 0 Å². The number of rotatable bonds is 6. The number of nitrogens with one attached hydrogen (secondary N) is 1. The Labute approximate surface area is 135 Å². The van der Waals surface area contributed by atoms with Gasteiger partial charge in [0.15, 0.2) is 0 Å². The third kappa shape index (κ3) is 4.93. The molecule has 0 bridgehead atoms. The number of hydrogen-bond acceptors (Lipinski definition) is 3. The van der Waals surface area contributed by atoms with Crippen LogP contribution in [0.2, 0.25) is 5.02 Å². The molecule has 1 aliphatic carbocycles. The molecule has 1 saturated carbocycles. The van der Waals surface area contributed by atoms with Gasteiger partial charge in [-0.25, -0.2) is 4.39 Å². The summed E-state index contributed by atoms with van der Waals surface area (Å²) >= 11 is 5.70. The molecule has 1 amide bonds. The fourth-order valence-corrected chi connectivity index (χ4v) is 3.10. The number of aliphatic hydroxyl groups excluding tert-OH is 1. The van der Waals surface area contributed by atoms with Crippen LogP contribution < -0.4 is 5.32 Å². The smallest absolute Gasteiger partial charge is 0.238 e. The summed E-state index contributed by atoms with van der Waals surface area (Å²) in [6.45, 7) is 0.745. The maximum atomic E-state index is 13.1. The van der Waals surface area contributed by atoms with Gasteiger partial charge in [0.05, 0.1) is 18.2 Å². The predicted molar refractivity (Wildman–Crippen MR) is 85.6 cm³/mol. The van der Waals surface area contributed by atoms with Gasteiger partial charge in [0, 0.05) is 18.3 Å². The van der Waals surface area contributed by atoms with Gasteiger partial charge < -0.3 is 10.4 Å². The highest BCUT2D eigenvalue weighted by molar-refractivity contribution is 6.31. The Morgan fingerprint density at radius 3 is 2.73 bits per heavy atom. The summed E-state index contributed by atoms with van der Waals surface area (Å²) in [5.41, 5.74) is 0.476. The first-order valence-electron chi connectivity index (χ1n) is 7.70. The molecule has 1 aliphatic rings. The minimum atomic E-state index is -0.510. The van der Waals surface area contributed by atoms with Gasteiger partial charge in [0.25, 0.3) is 0 Å². The zero-order valence-corrected chi connectivity index (χ0v) is 13.3. The monoisotopic (exact) mass is 328 g/mol. The average molecular weight is 329 g/mol. The largest absolute Gasteiger partial charge is 0.395 e. The SMILES string of the molecule is O=C(CN(CCO)C1CCCCC1)Nc1ccc(F)c(Cl)c1. The second-order valence-corrected chi connectivity index (χ2v) is 6.07. The summed E-state index contributed by atoms with van der Waals surface area (Å²) in [6, 6.07) is 4.45. The fourth-order valence-electron chi connectivity index (χ4n) is 2.92. The first-order valence-corrected chi connectivity index (χ1v) is 8.08. The quantitative estimate of drug-likeness (QED) is 0.844. The van der Waals surface area contributed by atoms with Crippen molar-refractivity contribution < 1.29 is 14.3 Å². The first-order chi connectivity index (χ1) is 10.6. The number of halogens is 2. The van der Waals surface area contributed by atoms with Crippen LogP contribution in [0.25, 0.3) is 0 Å². The summed E-state index contributed by atoms with van der Waals surface area (Å²) in [5, 5.41) is 11.9. The zero-order valence-electron chi connectivity index (χ0n) is 12.5. The molecule has 0 aliphatic heterocycles. The van der Waals surface area contributed by atoms with Crippen LogP contribution in [0.1, 0.15) is 32.1 Å². The molecule has 4 nitrogen and oxygen atoms in total. The normalized spacial score (nSPS) is 16.0. The van der Waals surface area contributed by atoms with Crippen LogP contribution in [0.15, 0.2) is 18.2 Å². The average Bonchev–Trinajstić information content (AvgIpc) is 2.51. The molecule has 0 atom stereocenters. The van der Waals surface area contributed by atoms with Gasteiger partial charge in [0.2, 0.25) is 5.91 Å². The van der Waals surface area contributed by atoms with Crippen LogP contribution in [-0.2, 0) is 4.79 Å². The molecule has 0 spiro atoms. The number of carbonyl (C=O) groups excluding carboxylic acids is 1. The minimum Gasteiger partial charge on any atom is -0.395 e. The van der Waals surface area contributed by atoms with Crippen LogP contribution in [0.3, 0.4) is 0 Å². The molecule has 1 fully saturated rings. The molecule has 0 saturated heterocycles. The highest BCUT2D eigenvalue weighted by Crippen LogP contribution is 2.23. The number of benzene rings is 1. The van der Waals surface area contributed by atoms with Crippen molar-refractivity contribution in [3.05, 3.63) is 29.0 Å². The highest BCUT2D eigenvalue weighted by atomic mass is 35.5. The molecular formula is C16H22ClFN2O2. The number of hydrogen-bond donors (Lipinski definition) is 2. The van der Waals surface area contributed by atoms with E-state index in [9.17, 15) is 14.3 Å². The van der Waals surface area contributed by atoms with Crippen LogP contribution in [0.5, 0.6) is 0 Å². The maximum Gasteiger partial charge on any atom is 0.238 e. The molecule has 22 heavy (non-hydrogen) atoms. The third-order valence-electron chi connectivity index (χ3n) is 4.03. The molecule has 0 heterocycles. The molecular weight excluding hydrogens is 307 g/mol. The molecule has 6 heteroatoms. The summed E-state index contributed by atoms with van der Waals surface area (Å²) in [6.07, 6.45) is 5.71. The molecule has 0 radical (unpaired) electrons. The van der Waals surface area contributed by atoms with Crippen LogP contribution in [0, 0.1) is 5.82 Å². The Balaban J connectivity index is 1.93. The van der Waals surface area contributed by atoms with E-state index in [0.29, 0.717) is 18.3 Å². The Morgan fingerprint density at radius 1 is 1.36 bits per heavy atom. The van der Waals surface area contributed by atoms with Crippen LogP contribution in [-0.4, -0.2) is 41.7 Å². The van der Waals surface area contributed by atoms with Crippen molar-refractivity contribution in [2.24, 2.45) is 0 Å². The van der Waals surface area contributed by atoms with E-state index in [2.05, 4.69) is 5.32 Å². The molecule has 2 N–H and O–H groups in total. The second-order valence-electron chi connectivity index (χ2n) is 5.66. The molecule has 1 aromatic carbocycles. The van der Waals surface area contributed by atoms with Crippen molar-refractivity contribution in [3.8, 4) is 0 Å². The molecule has 122 valence electrons. The predicted octanol–water partition coefficient (Wildman–Crippen LogP) is 3.04. The van der Waals surface area contributed by atoms with Gasteiger partial charge in [-0.05, 0) is 31.0 Å². The van der Waals surface area contributed by atoms with Gasteiger partial charge >= 0.3 is 0 Å². The number of nitrogens with zero attached hydrogens (tertiary/aromatic N) is 1. The van der Waals surface area contributed by atoms with Gasteiger partial charge in [-0.3, -0.25) is 9.69 Å². The summed E-state index contributed by atoms with van der Waals surface area (Å²) in [4.78, 5) is 14.2. The third-order valence-corrected chi connectivity index (χ3v) is 4.32. The van der Waals surface area contributed by atoms with Gasteiger partial charge in [-0.1, -0.05) is 30.9 Å². The number of amides is 1. The van der Waals surface area contributed by atoms with E-state index >= 15 is 0 Å². The van der Waals surface area contributed by atoms with E-state index in [4.69, 9.17) is 11.6 Å². The Morgan fingerprint density at radius 2 is 2.09 bits per heavy atom. The van der Waals surface area contributed by atoms with Crippen molar-refractivity contribution >= 4 is 23.2 Å². The van der Waals surface area contributed by atoms with Gasteiger partial charge in [-0.15, -0.1) is 0 Å². The van der Waals surface area contributed by atoms with Crippen molar-refractivity contribution in [1.82, 2.24) is 4.90 Å². The Hall–Kier alpha value is -1.17. The number of aliphatic hydroxyl groups is 1. The van der Waals surface area contributed by atoms with Crippen molar-refractivity contribution in [2.45, 2.75) is 38.1 Å². The lowest BCUT2D eigenvalue weighted by molar-refractivity contribution is -0.118. The maximum absolute atomic E-state index is 13.1. The highest BCUT2D eigenvalue weighted by Gasteiger charge is 2.22. The molecule has 0 unspecified atom stereocenters. The van der Waals surface area contributed by atoms with Crippen LogP contribution in [0.4, 0.5) is 10.1 Å². The lowest BCUT2D eigenvalue weighted by atomic mass is 9.94. The lowest BCUT2D eigenvalue weighted by Gasteiger charge is -2.33. The zero-order chi connectivity index (χ0) is 15.9. The Bertz CT molecular complexity index is 507. The van der Waals surface area contributed by atoms with E-state index in [0.717, 1.165) is 12.8 Å². The topological polar surface area (TPSA) is 52.6 Å². The van der Waals surface area contributed by atoms with Crippen molar-refractivity contribution in [3.63, 3.8) is 0 Å². The Kier molecular flexibility index (Phi) is 6.61. The van der Waals surface area contributed by atoms with E-state index in [-0.39, 0.29) is 24.1 Å². The minimum absolute atomic E-state index is 0.0164. The summed E-state index contributed by atoms with van der Waals surface area (Å²) in [5.74, 6) is -0.689. The van der Waals surface area contributed by atoms with Gasteiger partial charge in [0.1, 0.15) is 5.82 Å². The van der Waals surface area contributed by atoms with E-state index < -0.39 is 5.82 Å². The van der Waals surface area contributed by atoms with E-state index in [1.54, 1.807) is 0 Å². The van der Waals surface area contributed by atoms with E-state index in [1.165, 1.54) is 37.5 Å². The molecule has 1 aromatic rings. The molecule has 2 rings (SSSR count). The lowest BCUT2D eigenvalue weighted by Crippen LogP contribution is -2.43. The standard InChI is InChI=1S/C16H22ClFN2O2/c17-14-10-12(6-7-15(14)18)19-16(22)11-20(8-9-21)13-4-2-1-3-5-13/h6-7,10,13,21H,1-5,8-9,11H2,(H,19,22). The van der Waals surface area contributed by atoms with Crippen LogP contribution >= 0.6 is 11.6 Å². The second kappa shape index (κ2) is 8.46. The fraction of sp³-hybridized carbons (Fsp3) is 0.562. The number of carbonyl (C=O) groups is 1. The molecule has 0 aromatic heterocycles. The summed E-state index contributed by atoms with van der Waals surface area (Å²) < 4.78 is 13.1. The van der Waals surface area contributed by atoms with Crippen molar-refractivity contribution in [2.75, 3.05) is 25.0 Å². The van der Waals surface area contributed by atoms with Gasteiger partial charge in [-0.2, -0.15) is 0 Å². The van der Waals surface area contributed by atoms with E-state index in [1.807, 2.05) is 4.90 Å².